The van der Waals surface area contributed by atoms with Gasteiger partial charge in [0.2, 0.25) is 5.91 Å². The minimum Gasteiger partial charge on any atom is -0.328 e. The van der Waals surface area contributed by atoms with Gasteiger partial charge >= 0.3 is 0 Å². The van der Waals surface area contributed by atoms with Crippen LogP contribution in [0.25, 0.3) is 11.1 Å². The molecule has 1 fully saturated rings. The van der Waals surface area contributed by atoms with Crippen LogP contribution < -0.4 is 4.90 Å². The number of hydrogen-bond donors (Lipinski definition) is 0. The number of carbonyl (C=O) groups is 2. The molecule has 28 heavy (non-hydrogen) atoms. The molecular formula is C24H22N2O2. The average Bonchev–Trinajstić information content (AvgIpc) is 2.74. The molecule has 0 unspecified atom stereocenters. The van der Waals surface area contributed by atoms with Crippen LogP contribution >= 0.6 is 0 Å². The zero-order valence-corrected chi connectivity index (χ0v) is 15.8. The zero-order chi connectivity index (χ0) is 19.5. The van der Waals surface area contributed by atoms with Crippen molar-refractivity contribution in [2.45, 2.75) is 6.92 Å². The van der Waals surface area contributed by atoms with Gasteiger partial charge in [-0.2, -0.15) is 0 Å². The van der Waals surface area contributed by atoms with Crippen molar-refractivity contribution in [1.82, 2.24) is 4.90 Å². The van der Waals surface area contributed by atoms with Gasteiger partial charge in [-0.25, -0.2) is 0 Å². The maximum Gasteiger partial charge on any atom is 0.255 e. The van der Waals surface area contributed by atoms with Crippen molar-refractivity contribution < 1.29 is 9.59 Å². The van der Waals surface area contributed by atoms with Crippen molar-refractivity contribution in [2.24, 2.45) is 0 Å². The second kappa shape index (κ2) is 7.69. The Balaban J connectivity index is 1.57. The molecule has 0 saturated carbocycles. The van der Waals surface area contributed by atoms with Crippen LogP contribution in [0.4, 0.5) is 5.69 Å². The summed E-state index contributed by atoms with van der Waals surface area (Å²) in [7, 11) is 0. The molecule has 4 heteroatoms. The van der Waals surface area contributed by atoms with E-state index in [1.807, 2.05) is 85.8 Å². The summed E-state index contributed by atoms with van der Waals surface area (Å²) in [6, 6.07) is 25.3. The Hall–Kier alpha value is -3.40. The molecule has 0 bridgehead atoms. The van der Waals surface area contributed by atoms with Crippen LogP contribution in [0.5, 0.6) is 0 Å². The number of para-hydroxylation sites is 1. The Morgan fingerprint density at radius 1 is 0.821 bits per heavy atom. The molecule has 1 saturated heterocycles. The predicted molar refractivity (Wildman–Crippen MR) is 111 cm³/mol. The Bertz CT molecular complexity index is 1010. The van der Waals surface area contributed by atoms with Crippen LogP contribution in [0.3, 0.4) is 0 Å². The van der Waals surface area contributed by atoms with Crippen molar-refractivity contribution in [1.29, 1.82) is 0 Å². The lowest BCUT2D eigenvalue weighted by Crippen LogP contribution is -2.52. The minimum absolute atomic E-state index is 0.0499. The van der Waals surface area contributed by atoms with E-state index in [4.69, 9.17) is 0 Å². The molecular weight excluding hydrogens is 348 g/mol. The summed E-state index contributed by atoms with van der Waals surface area (Å²) < 4.78 is 0. The van der Waals surface area contributed by atoms with Gasteiger partial charge in [0, 0.05) is 24.3 Å². The van der Waals surface area contributed by atoms with Gasteiger partial charge in [0.25, 0.3) is 5.91 Å². The summed E-state index contributed by atoms with van der Waals surface area (Å²) in [5.41, 5.74) is 4.50. The zero-order valence-electron chi connectivity index (χ0n) is 15.8. The van der Waals surface area contributed by atoms with Crippen LogP contribution in [0.2, 0.25) is 0 Å². The molecule has 1 aliphatic rings. The Morgan fingerprint density at radius 3 is 2.25 bits per heavy atom. The smallest absolute Gasteiger partial charge is 0.255 e. The molecule has 0 N–H and O–H groups in total. The lowest BCUT2D eigenvalue weighted by Gasteiger charge is -2.35. The topological polar surface area (TPSA) is 40.6 Å². The Kier molecular flexibility index (Phi) is 4.94. The molecule has 0 aliphatic carbocycles. The molecule has 4 nitrogen and oxygen atoms in total. The highest BCUT2D eigenvalue weighted by atomic mass is 16.2. The van der Waals surface area contributed by atoms with Gasteiger partial charge in [0.15, 0.2) is 0 Å². The number of piperazine rings is 1. The number of benzene rings is 3. The first kappa shape index (κ1) is 18.0. The summed E-state index contributed by atoms with van der Waals surface area (Å²) >= 11 is 0. The minimum atomic E-state index is -0.0998. The molecule has 0 atom stereocenters. The molecule has 140 valence electrons. The Labute approximate surface area is 165 Å². The van der Waals surface area contributed by atoms with Crippen LogP contribution in [-0.4, -0.2) is 36.3 Å². The SMILES string of the molecule is Cc1ccccc1N1CCN(C(=O)c2ccccc2-c2ccccc2)CC1=O. The summed E-state index contributed by atoms with van der Waals surface area (Å²) in [5.74, 6) is -0.150. The number of aryl methyl sites for hydroxylation is 1. The first-order valence-corrected chi connectivity index (χ1v) is 9.45. The first-order valence-electron chi connectivity index (χ1n) is 9.45. The maximum atomic E-state index is 13.2. The normalized spacial score (nSPS) is 14.2. The number of carbonyl (C=O) groups excluding carboxylic acids is 2. The third-order valence-corrected chi connectivity index (χ3v) is 5.16. The fourth-order valence-corrected chi connectivity index (χ4v) is 3.68. The van der Waals surface area contributed by atoms with Gasteiger partial charge in [-0.15, -0.1) is 0 Å². The molecule has 0 spiro atoms. The Morgan fingerprint density at radius 2 is 1.50 bits per heavy atom. The fraction of sp³-hybridized carbons (Fsp3) is 0.167. The summed E-state index contributed by atoms with van der Waals surface area (Å²) in [6.45, 7) is 3.11. The van der Waals surface area contributed by atoms with E-state index in [0.717, 1.165) is 22.4 Å². The first-order chi connectivity index (χ1) is 13.6. The monoisotopic (exact) mass is 370 g/mol. The quantitative estimate of drug-likeness (QED) is 0.695. The van der Waals surface area contributed by atoms with Crippen molar-refractivity contribution >= 4 is 17.5 Å². The van der Waals surface area contributed by atoms with E-state index in [2.05, 4.69) is 0 Å². The van der Waals surface area contributed by atoms with Gasteiger partial charge in [0.05, 0.1) is 0 Å². The van der Waals surface area contributed by atoms with Gasteiger partial charge in [0.1, 0.15) is 6.54 Å². The molecule has 1 aliphatic heterocycles. The largest absolute Gasteiger partial charge is 0.328 e. The third-order valence-electron chi connectivity index (χ3n) is 5.16. The third kappa shape index (κ3) is 3.41. The fourth-order valence-electron chi connectivity index (χ4n) is 3.68. The highest BCUT2D eigenvalue weighted by molar-refractivity contribution is 6.05. The molecule has 2 amide bonds. The summed E-state index contributed by atoms with van der Waals surface area (Å²) in [5, 5.41) is 0. The number of nitrogens with zero attached hydrogens (tertiary/aromatic N) is 2. The standard InChI is InChI=1S/C24H22N2O2/c1-18-9-5-8-14-22(18)26-16-15-25(17-23(26)27)24(28)21-13-7-6-12-20(21)19-10-3-2-4-11-19/h2-14H,15-17H2,1H3. The highest BCUT2D eigenvalue weighted by Crippen LogP contribution is 2.26. The number of rotatable bonds is 3. The van der Waals surface area contributed by atoms with Crippen molar-refractivity contribution in [3.8, 4) is 11.1 Å². The van der Waals surface area contributed by atoms with Gasteiger partial charge in [-0.3, -0.25) is 9.59 Å². The maximum absolute atomic E-state index is 13.2. The van der Waals surface area contributed by atoms with E-state index in [-0.39, 0.29) is 18.4 Å². The second-order valence-corrected chi connectivity index (χ2v) is 6.97. The van der Waals surface area contributed by atoms with E-state index >= 15 is 0 Å². The molecule has 0 radical (unpaired) electrons. The highest BCUT2D eigenvalue weighted by Gasteiger charge is 2.30. The van der Waals surface area contributed by atoms with Gasteiger partial charge in [-0.1, -0.05) is 66.7 Å². The van der Waals surface area contributed by atoms with Crippen LogP contribution in [0.15, 0.2) is 78.9 Å². The van der Waals surface area contributed by atoms with Crippen LogP contribution in [0.1, 0.15) is 15.9 Å². The van der Waals surface area contributed by atoms with E-state index in [1.165, 1.54) is 0 Å². The van der Waals surface area contributed by atoms with Crippen molar-refractivity contribution in [3.05, 3.63) is 90.0 Å². The molecule has 3 aromatic carbocycles. The summed E-state index contributed by atoms with van der Waals surface area (Å²) in [6.07, 6.45) is 0. The van der Waals surface area contributed by atoms with Crippen molar-refractivity contribution in [3.63, 3.8) is 0 Å². The van der Waals surface area contributed by atoms with E-state index < -0.39 is 0 Å². The molecule has 4 rings (SSSR count). The molecule has 3 aromatic rings. The van der Waals surface area contributed by atoms with Crippen LogP contribution in [-0.2, 0) is 4.79 Å². The van der Waals surface area contributed by atoms with Crippen molar-refractivity contribution in [2.75, 3.05) is 24.5 Å². The lowest BCUT2D eigenvalue weighted by molar-refractivity contribution is -0.120. The average molecular weight is 370 g/mol. The molecule has 1 heterocycles. The number of amides is 2. The number of hydrogen-bond acceptors (Lipinski definition) is 2. The van der Waals surface area contributed by atoms with E-state index in [9.17, 15) is 9.59 Å². The van der Waals surface area contributed by atoms with E-state index in [1.54, 1.807) is 9.80 Å². The van der Waals surface area contributed by atoms with Crippen LogP contribution in [0, 0.1) is 6.92 Å². The number of anilines is 1. The van der Waals surface area contributed by atoms with Gasteiger partial charge < -0.3 is 9.80 Å². The van der Waals surface area contributed by atoms with Gasteiger partial charge in [-0.05, 0) is 35.7 Å². The lowest BCUT2D eigenvalue weighted by atomic mass is 9.98. The van der Waals surface area contributed by atoms with E-state index in [0.29, 0.717) is 18.7 Å². The second-order valence-electron chi connectivity index (χ2n) is 6.97. The molecule has 0 aromatic heterocycles. The predicted octanol–water partition coefficient (Wildman–Crippen LogP) is 4.15. The summed E-state index contributed by atoms with van der Waals surface area (Å²) in [4.78, 5) is 29.4.